The van der Waals surface area contributed by atoms with E-state index in [0.29, 0.717) is 31.9 Å². The molecule has 2 rings (SSSR count). The lowest BCUT2D eigenvalue weighted by atomic mass is 9.99. The van der Waals surface area contributed by atoms with Gasteiger partial charge in [-0.3, -0.25) is 4.79 Å². The number of carbonyl (C=O) groups excluding carboxylic acids is 1. The fraction of sp³-hybridized carbons (Fsp3) is 0.133. The van der Waals surface area contributed by atoms with Crippen molar-refractivity contribution in [1.82, 2.24) is 0 Å². The maximum absolute atomic E-state index is 12.5. The molecule has 2 aromatic carbocycles. The third kappa shape index (κ3) is 2.93. The lowest BCUT2D eigenvalue weighted by Crippen LogP contribution is -2.05. The van der Waals surface area contributed by atoms with Crippen LogP contribution >= 0.6 is 34.8 Å². The minimum Gasteiger partial charge on any atom is -0.495 e. The van der Waals surface area contributed by atoms with E-state index in [4.69, 9.17) is 39.5 Å². The van der Waals surface area contributed by atoms with Crippen molar-refractivity contribution in [2.24, 2.45) is 0 Å². The zero-order chi connectivity index (χ0) is 14.9. The lowest BCUT2D eigenvalue weighted by molar-refractivity contribution is 0.103. The summed E-state index contributed by atoms with van der Waals surface area (Å²) in [6.07, 6.45) is 0. The summed E-state index contributed by atoms with van der Waals surface area (Å²) in [6, 6.07) is 8.12. The Balaban J connectivity index is 2.51. The van der Waals surface area contributed by atoms with Crippen LogP contribution < -0.4 is 4.74 Å². The molecule has 20 heavy (non-hydrogen) atoms. The van der Waals surface area contributed by atoms with Crippen LogP contribution in [0.3, 0.4) is 0 Å². The molecule has 2 aromatic rings. The van der Waals surface area contributed by atoms with E-state index >= 15 is 0 Å². The largest absolute Gasteiger partial charge is 0.495 e. The van der Waals surface area contributed by atoms with Crippen molar-refractivity contribution in [3.8, 4) is 5.75 Å². The lowest BCUT2D eigenvalue weighted by Gasteiger charge is -2.10. The molecule has 0 N–H and O–H groups in total. The molecule has 104 valence electrons. The summed E-state index contributed by atoms with van der Waals surface area (Å²) < 4.78 is 5.06. The van der Waals surface area contributed by atoms with Crippen molar-refractivity contribution in [2.75, 3.05) is 7.11 Å². The first kappa shape index (κ1) is 15.2. The Morgan fingerprint density at radius 1 is 1.00 bits per heavy atom. The van der Waals surface area contributed by atoms with Gasteiger partial charge in [0, 0.05) is 22.2 Å². The number of rotatable bonds is 3. The maximum Gasteiger partial charge on any atom is 0.194 e. The molecule has 0 aromatic heterocycles. The van der Waals surface area contributed by atoms with E-state index in [2.05, 4.69) is 0 Å². The van der Waals surface area contributed by atoms with Gasteiger partial charge in [0.2, 0.25) is 0 Å². The summed E-state index contributed by atoms with van der Waals surface area (Å²) in [5.74, 6) is 0.231. The van der Waals surface area contributed by atoms with E-state index in [9.17, 15) is 4.79 Å². The second-order valence-corrected chi connectivity index (χ2v) is 5.51. The minimum atomic E-state index is -0.200. The Kier molecular flexibility index (Phi) is 4.59. The number of methoxy groups -OCH3 is 1. The van der Waals surface area contributed by atoms with Crippen LogP contribution in [0, 0.1) is 6.92 Å². The molecule has 0 radical (unpaired) electrons. The van der Waals surface area contributed by atoms with Crippen LogP contribution in [0.5, 0.6) is 5.75 Å². The number of benzene rings is 2. The molecule has 0 saturated carbocycles. The van der Waals surface area contributed by atoms with E-state index in [0.717, 1.165) is 5.56 Å². The van der Waals surface area contributed by atoms with Crippen LogP contribution in [0.4, 0.5) is 0 Å². The molecule has 0 amide bonds. The highest BCUT2D eigenvalue weighted by molar-refractivity contribution is 6.37. The number of ketones is 1. The molecule has 0 aliphatic heterocycles. The normalized spacial score (nSPS) is 10.4. The highest BCUT2D eigenvalue weighted by atomic mass is 35.5. The van der Waals surface area contributed by atoms with Gasteiger partial charge in [-0.15, -0.1) is 0 Å². The molecular weight excluding hydrogens is 319 g/mol. The Morgan fingerprint density at radius 2 is 1.70 bits per heavy atom. The fourth-order valence-electron chi connectivity index (χ4n) is 1.89. The van der Waals surface area contributed by atoms with Gasteiger partial charge in [0.25, 0.3) is 0 Å². The highest BCUT2D eigenvalue weighted by Crippen LogP contribution is 2.32. The van der Waals surface area contributed by atoms with Crippen molar-refractivity contribution in [3.05, 3.63) is 62.1 Å². The Morgan fingerprint density at radius 3 is 2.30 bits per heavy atom. The number of carbonyl (C=O) groups is 1. The standard InChI is InChI=1S/C15H11Cl3O2/c1-8-5-9(16)3-4-10(8)15(19)11-6-13(18)14(20-2)7-12(11)17/h3-7H,1-2H3. The van der Waals surface area contributed by atoms with Crippen LogP contribution in [0.15, 0.2) is 30.3 Å². The Bertz CT molecular complexity index is 681. The number of aryl methyl sites for hydroxylation is 1. The van der Waals surface area contributed by atoms with Crippen LogP contribution in [-0.4, -0.2) is 12.9 Å². The number of ether oxygens (including phenoxy) is 1. The second-order valence-electron chi connectivity index (χ2n) is 4.25. The Hall–Kier alpha value is -1.22. The highest BCUT2D eigenvalue weighted by Gasteiger charge is 2.17. The number of hydrogen-bond acceptors (Lipinski definition) is 2. The maximum atomic E-state index is 12.5. The van der Waals surface area contributed by atoms with Crippen LogP contribution in [0.1, 0.15) is 21.5 Å². The van der Waals surface area contributed by atoms with E-state index in [1.165, 1.54) is 19.2 Å². The van der Waals surface area contributed by atoms with Gasteiger partial charge in [0.1, 0.15) is 5.75 Å². The topological polar surface area (TPSA) is 26.3 Å². The van der Waals surface area contributed by atoms with Gasteiger partial charge in [-0.05, 0) is 36.8 Å². The number of hydrogen-bond donors (Lipinski definition) is 0. The first-order valence-corrected chi connectivity index (χ1v) is 6.91. The predicted molar refractivity (Wildman–Crippen MR) is 82.6 cm³/mol. The summed E-state index contributed by atoms with van der Waals surface area (Å²) in [6.45, 7) is 1.82. The van der Waals surface area contributed by atoms with Gasteiger partial charge in [-0.1, -0.05) is 34.8 Å². The molecule has 0 heterocycles. The predicted octanol–water partition coefficient (Wildman–Crippen LogP) is 5.19. The monoisotopic (exact) mass is 328 g/mol. The van der Waals surface area contributed by atoms with E-state index in [-0.39, 0.29) is 5.78 Å². The quantitative estimate of drug-likeness (QED) is 0.724. The molecule has 0 bridgehead atoms. The molecule has 5 heteroatoms. The summed E-state index contributed by atoms with van der Waals surface area (Å²) >= 11 is 18.1. The average molecular weight is 330 g/mol. The van der Waals surface area contributed by atoms with Gasteiger partial charge >= 0.3 is 0 Å². The molecule has 0 atom stereocenters. The molecule has 0 saturated heterocycles. The van der Waals surface area contributed by atoms with Gasteiger partial charge in [-0.2, -0.15) is 0 Å². The Labute approximate surface area is 132 Å². The molecule has 0 aliphatic carbocycles. The molecule has 0 fully saturated rings. The van der Waals surface area contributed by atoms with Gasteiger partial charge < -0.3 is 4.74 Å². The van der Waals surface area contributed by atoms with Crippen molar-refractivity contribution in [2.45, 2.75) is 6.92 Å². The molecule has 2 nitrogen and oxygen atoms in total. The van der Waals surface area contributed by atoms with Crippen molar-refractivity contribution < 1.29 is 9.53 Å². The first-order valence-electron chi connectivity index (χ1n) is 5.78. The van der Waals surface area contributed by atoms with Gasteiger partial charge in [-0.25, -0.2) is 0 Å². The zero-order valence-corrected chi connectivity index (χ0v) is 13.1. The fourth-order valence-corrected chi connectivity index (χ4v) is 2.59. The smallest absolute Gasteiger partial charge is 0.194 e. The second kappa shape index (κ2) is 6.04. The molecule has 0 spiro atoms. The molecule has 0 unspecified atom stereocenters. The SMILES string of the molecule is COc1cc(Cl)c(C(=O)c2ccc(Cl)cc2C)cc1Cl. The first-order chi connectivity index (χ1) is 9.43. The van der Waals surface area contributed by atoms with Crippen LogP contribution in [-0.2, 0) is 0 Å². The van der Waals surface area contributed by atoms with E-state index in [1.807, 2.05) is 6.92 Å². The van der Waals surface area contributed by atoms with Crippen molar-refractivity contribution in [3.63, 3.8) is 0 Å². The molecule has 0 aliphatic rings. The van der Waals surface area contributed by atoms with E-state index < -0.39 is 0 Å². The van der Waals surface area contributed by atoms with Gasteiger partial charge in [0.05, 0.1) is 17.2 Å². The molecular formula is C15H11Cl3O2. The van der Waals surface area contributed by atoms with Gasteiger partial charge in [0.15, 0.2) is 5.78 Å². The zero-order valence-electron chi connectivity index (χ0n) is 10.8. The van der Waals surface area contributed by atoms with Crippen molar-refractivity contribution >= 4 is 40.6 Å². The third-order valence-electron chi connectivity index (χ3n) is 2.92. The summed E-state index contributed by atoms with van der Waals surface area (Å²) in [5.41, 5.74) is 1.66. The summed E-state index contributed by atoms with van der Waals surface area (Å²) in [7, 11) is 1.49. The van der Waals surface area contributed by atoms with E-state index in [1.54, 1.807) is 18.2 Å². The summed E-state index contributed by atoms with van der Waals surface area (Å²) in [4.78, 5) is 12.5. The summed E-state index contributed by atoms with van der Waals surface area (Å²) in [5, 5.41) is 1.22. The number of halogens is 3. The average Bonchev–Trinajstić information content (AvgIpc) is 2.40. The van der Waals surface area contributed by atoms with Crippen molar-refractivity contribution in [1.29, 1.82) is 0 Å². The minimum absolute atomic E-state index is 0.200. The van der Waals surface area contributed by atoms with Crippen LogP contribution in [0.2, 0.25) is 15.1 Å². The third-order valence-corrected chi connectivity index (χ3v) is 3.76. The van der Waals surface area contributed by atoms with Crippen LogP contribution in [0.25, 0.3) is 0 Å².